The van der Waals surface area contributed by atoms with E-state index in [1.165, 1.54) is 6.26 Å². The van der Waals surface area contributed by atoms with Crippen LogP contribution in [0, 0.1) is 13.8 Å². The van der Waals surface area contributed by atoms with E-state index in [1.807, 2.05) is 31.2 Å². The van der Waals surface area contributed by atoms with Crippen molar-refractivity contribution >= 4 is 23.0 Å². The summed E-state index contributed by atoms with van der Waals surface area (Å²) in [4.78, 5) is 32.8. The Hall–Kier alpha value is -3.04. The highest BCUT2D eigenvalue weighted by molar-refractivity contribution is 7.91. The highest BCUT2D eigenvalue weighted by atomic mass is 32.2. The minimum Gasteiger partial charge on any atom is -0.616 e. The monoisotopic (exact) mass is 455 g/mol. The van der Waals surface area contributed by atoms with Crippen molar-refractivity contribution in [3.05, 3.63) is 65.4 Å². The van der Waals surface area contributed by atoms with Crippen LogP contribution in [-0.2, 0) is 21.7 Å². The van der Waals surface area contributed by atoms with Crippen molar-refractivity contribution in [2.24, 2.45) is 0 Å². The molecule has 2 amide bonds. The number of aromatic nitrogens is 1. The van der Waals surface area contributed by atoms with Gasteiger partial charge < -0.3 is 23.2 Å². The van der Waals surface area contributed by atoms with Gasteiger partial charge in [-0.1, -0.05) is 18.2 Å². The minimum atomic E-state index is -1.41. The zero-order valence-corrected chi connectivity index (χ0v) is 18.9. The van der Waals surface area contributed by atoms with E-state index in [2.05, 4.69) is 4.98 Å². The van der Waals surface area contributed by atoms with Crippen LogP contribution in [-0.4, -0.2) is 63.1 Å². The quantitative estimate of drug-likeness (QED) is 0.530. The first kappa shape index (κ1) is 22.2. The fourth-order valence-corrected chi connectivity index (χ4v) is 4.77. The Bertz CT molecular complexity index is 1090. The zero-order valence-electron chi connectivity index (χ0n) is 18.1. The first-order valence-electron chi connectivity index (χ1n) is 10.4. The molecule has 0 saturated carbocycles. The van der Waals surface area contributed by atoms with Crippen molar-refractivity contribution in [3.63, 3.8) is 0 Å². The Morgan fingerprint density at radius 2 is 1.78 bits per heavy atom. The van der Waals surface area contributed by atoms with Gasteiger partial charge in [-0.05, 0) is 48.8 Å². The lowest BCUT2D eigenvalue weighted by molar-refractivity contribution is -0.129. The number of oxazole rings is 1. The molecule has 1 atom stereocenters. The Balaban J connectivity index is 1.30. The fourth-order valence-electron chi connectivity index (χ4n) is 3.64. The third-order valence-electron chi connectivity index (χ3n) is 5.50. The van der Waals surface area contributed by atoms with Crippen molar-refractivity contribution in [2.75, 3.05) is 31.9 Å². The lowest BCUT2D eigenvalue weighted by atomic mass is 10.1. The van der Waals surface area contributed by atoms with Gasteiger partial charge in [0.25, 0.3) is 11.8 Å². The molecule has 3 aromatic rings. The normalized spacial score (nSPS) is 15.1. The number of hydrogen-bond donors (Lipinski definition) is 0. The number of aryl methyl sites for hydroxylation is 2. The first-order chi connectivity index (χ1) is 15.4. The van der Waals surface area contributed by atoms with Crippen molar-refractivity contribution in [1.82, 2.24) is 14.8 Å². The molecule has 9 heteroatoms. The highest BCUT2D eigenvalue weighted by Gasteiger charge is 2.28. The summed E-state index contributed by atoms with van der Waals surface area (Å²) < 4.78 is 23.6. The molecule has 0 bridgehead atoms. The van der Waals surface area contributed by atoms with Crippen LogP contribution < -0.4 is 0 Å². The van der Waals surface area contributed by atoms with Crippen LogP contribution in [0.5, 0.6) is 0 Å². The first-order valence-corrected chi connectivity index (χ1v) is 11.9. The standard InChI is InChI=1S/C23H25N3O5S/c1-16-6-3-4-7-18(16)22-24-19(17(2)31-22)14-32(29)15-21(27)25-9-11-26(12-10-25)23(28)20-8-5-13-30-20/h3-8,13H,9-12,14-15H2,1-2H3. The zero-order chi connectivity index (χ0) is 22.7. The Kier molecular flexibility index (Phi) is 6.66. The van der Waals surface area contributed by atoms with Crippen molar-refractivity contribution in [2.45, 2.75) is 19.6 Å². The number of hydrogen-bond acceptors (Lipinski definition) is 6. The smallest absolute Gasteiger partial charge is 0.289 e. The van der Waals surface area contributed by atoms with Crippen molar-refractivity contribution in [3.8, 4) is 11.5 Å². The molecule has 2 aromatic heterocycles. The predicted octanol–water partition coefficient (Wildman–Crippen LogP) is 2.78. The van der Waals surface area contributed by atoms with Gasteiger partial charge in [-0.25, -0.2) is 4.98 Å². The van der Waals surface area contributed by atoms with E-state index in [1.54, 1.807) is 28.9 Å². The third kappa shape index (κ3) is 4.89. The van der Waals surface area contributed by atoms with Crippen LogP contribution in [0.3, 0.4) is 0 Å². The van der Waals surface area contributed by atoms with Crippen molar-refractivity contribution in [1.29, 1.82) is 0 Å². The summed E-state index contributed by atoms with van der Waals surface area (Å²) in [5, 5.41) is 0. The van der Waals surface area contributed by atoms with Crippen LogP contribution in [0.1, 0.15) is 27.6 Å². The second-order valence-electron chi connectivity index (χ2n) is 7.72. The van der Waals surface area contributed by atoms with E-state index in [4.69, 9.17) is 8.83 Å². The molecule has 1 aromatic carbocycles. The highest BCUT2D eigenvalue weighted by Crippen LogP contribution is 2.25. The summed E-state index contributed by atoms with van der Waals surface area (Å²) in [6.07, 6.45) is 1.46. The second-order valence-corrected chi connectivity index (χ2v) is 9.17. The molecular weight excluding hydrogens is 430 g/mol. The number of nitrogens with zero attached hydrogens (tertiary/aromatic N) is 3. The largest absolute Gasteiger partial charge is 0.616 e. The number of piperazine rings is 1. The summed E-state index contributed by atoms with van der Waals surface area (Å²) in [6, 6.07) is 11.1. The summed E-state index contributed by atoms with van der Waals surface area (Å²) >= 11 is -1.41. The molecular formula is C23H25N3O5S. The van der Waals surface area contributed by atoms with Gasteiger partial charge in [-0.15, -0.1) is 0 Å². The molecule has 4 rings (SSSR count). The molecule has 1 fully saturated rings. The Labute approximate surface area is 189 Å². The Morgan fingerprint density at radius 1 is 1.06 bits per heavy atom. The van der Waals surface area contributed by atoms with Gasteiger partial charge in [0, 0.05) is 31.7 Å². The number of amides is 2. The second kappa shape index (κ2) is 9.62. The van der Waals surface area contributed by atoms with Crippen molar-refractivity contribution < 1.29 is 23.0 Å². The van der Waals surface area contributed by atoms with E-state index in [-0.39, 0.29) is 23.3 Å². The van der Waals surface area contributed by atoms with Gasteiger partial charge in [0.1, 0.15) is 11.5 Å². The molecule has 0 radical (unpaired) electrons. The van der Waals surface area contributed by atoms with E-state index in [0.717, 1.165) is 11.1 Å². The summed E-state index contributed by atoms with van der Waals surface area (Å²) in [5.41, 5.74) is 2.54. The average molecular weight is 456 g/mol. The molecule has 0 N–H and O–H groups in total. The summed E-state index contributed by atoms with van der Waals surface area (Å²) in [5.74, 6) is 1.09. The SMILES string of the molecule is Cc1ccccc1-c1nc(C[S+]([O-])CC(=O)N2CCN(C(=O)c3ccco3)CC2)c(C)o1. The van der Waals surface area contributed by atoms with Gasteiger partial charge in [-0.2, -0.15) is 0 Å². The van der Waals surface area contributed by atoms with Crippen LogP contribution in [0.4, 0.5) is 0 Å². The molecule has 168 valence electrons. The molecule has 8 nitrogen and oxygen atoms in total. The van der Waals surface area contributed by atoms with E-state index in [9.17, 15) is 14.1 Å². The number of furan rings is 1. The van der Waals surface area contributed by atoms with Crippen LogP contribution in [0.15, 0.2) is 51.5 Å². The molecule has 32 heavy (non-hydrogen) atoms. The molecule has 1 unspecified atom stereocenters. The topological polar surface area (TPSA) is 103 Å². The maximum Gasteiger partial charge on any atom is 0.289 e. The van der Waals surface area contributed by atoms with Crippen LogP contribution >= 0.6 is 0 Å². The maximum atomic E-state index is 12.7. The van der Waals surface area contributed by atoms with Gasteiger partial charge in [0.05, 0.1) is 6.26 Å². The van der Waals surface area contributed by atoms with Gasteiger partial charge >= 0.3 is 0 Å². The predicted molar refractivity (Wildman–Crippen MR) is 119 cm³/mol. The lowest BCUT2D eigenvalue weighted by Gasteiger charge is -2.34. The average Bonchev–Trinajstić information content (AvgIpc) is 3.44. The maximum absolute atomic E-state index is 12.7. The number of benzene rings is 1. The van der Waals surface area contributed by atoms with E-state index >= 15 is 0 Å². The molecule has 1 saturated heterocycles. The number of rotatable bonds is 6. The molecule has 3 heterocycles. The molecule has 1 aliphatic heterocycles. The van der Waals surface area contributed by atoms with Crippen LogP contribution in [0.25, 0.3) is 11.5 Å². The summed E-state index contributed by atoms with van der Waals surface area (Å²) in [6.45, 7) is 5.41. The number of carbonyl (C=O) groups excluding carboxylic acids is 2. The minimum absolute atomic E-state index is 0.0852. The molecule has 0 aliphatic carbocycles. The Morgan fingerprint density at radius 3 is 2.47 bits per heavy atom. The molecule has 1 aliphatic rings. The summed E-state index contributed by atoms with van der Waals surface area (Å²) in [7, 11) is 0. The van der Waals surface area contributed by atoms with E-state index in [0.29, 0.717) is 49.3 Å². The van der Waals surface area contributed by atoms with E-state index < -0.39 is 11.2 Å². The van der Waals surface area contributed by atoms with Gasteiger partial charge in [0.2, 0.25) is 5.89 Å². The third-order valence-corrected chi connectivity index (χ3v) is 6.67. The van der Waals surface area contributed by atoms with Crippen LogP contribution in [0.2, 0.25) is 0 Å². The fraction of sp³-hybridized carbons (Fsp3) is 0.348. The number of carbonyl (C=O) groups is 2. The van der Waals surface area contributed by atoms with Gasteiger partial charge in [-0.3, -0.25) is 9.59 Å². The van der Waals surface area contributed by atoms with Gasteiger partial charge in [0.15, 0.2) is 17.3 Å². The lowest BCUT2D eigenvalue weighted by Crippen LogP contribution is -2.51. The molecule has 0 spiro atoms.